The van der Waals surface area contributed by atoms with E-state index >= 15 is 0 Å². The predicted octanol–water partition coefficient (Wildman–Crippen LogP) is 4.52. The van der Waals surface area contributed by atoms with Crippen LogP contribution < -0.4 is 0 Å². The summed E-state index contributed by atoms with van der Waals surface area (Å²) in [5, 5.41) is 0.0280. The largest absolute Gasteiger partial charge is 0.294 e. The second-order valence-electron chi connectivity index (χ2n) is 4.69. The third kappa shape index (κ3) is 3.21. The molecule has 0 aliphatic heterocycles. The van der Waals surface area contributed by atoms with Gasteiger partial charge < -0.3 is 0 Å². The maximum atomic E-state index is 13.3. The van der Waals surface area contributed by atoms with Gasteiger partial charge in [0.15, 0.2) is 5.78 Å². The summed E-state index contributed by atoms with van der Waals surface area (Å²) in [5.74, 6) is -0.549. The van der Waals surface area contributed by atoms with Crippen LogP contribution in [0.1, 0.15) is 27.0 Å². The molecule has 0 spiro atoms. The van der Waals surface area contributed by atoms with E-state index in [1.807, 2.05) is 32.0 Å². The van der Waals surface area contributed by atoms with Crippen LogP contribution in [-0.4, -0.2) is 5.78 Å². The predicted molar refractivity (Wildman–Crippen MR) is 75.4 cm³/mol. The zero-order valence-corrected chi connectivity index (χ0v) is 11.6. The molecule has 2 rings (SSSR count). The number of aryl methyl sites for hydroxylation is 2. The van der Waals surface area contributed by atoms with Gasteiger partial charge >= 0.3 is 0 Å². The van der Waals surface area contributed by atoms with Gasteiger partial charge in [-0.15, -0.1) is 0 Å². The molecular weight excluding hydrogens is 263 g/mol. The van der Waals surface area contributed by atoms with Crippen molar-refractivity contribution >= 4 is 17.4 Å². The second kappa shape index (κ2) is 5.54. The highest BCUT2D eigenvalue weighted by atomic mass is 35.5. The zero-order valence-electron chi connectivity index (χ0n) is 10.8. The fraction of sp³-hybridized carbons (Fsp3) is 0.188. The Morgan fingerprint density at radius 2 is 1.79 bits per heavy atom. The van der Waals surface area contributed by atoms with Crippen LogP contribution in [0.15, 0.2) is 36.4 Å². The van der Waals surface area contributed by atoms with E-state index in [9.17, 15) is 9.18 Å². The highest BCUT2D eigenvalue weighted by molar-refractivity contribution is 6.31. The SMILES string of the molecule is Cc1cc(C)cc(C(=O)Cc2cccc(F)c2Cl)c1. The van der Waals surface area contributed by atoms with E-state index in [1.54, 1.807) is 12.1 Å². The van der Waals surface area contributed by atoms with Crippen LogP contribution in [0.5, 0.6) is 0 Å². The molecule has 0 saturated carbocycles. The fourth-order valence-corrected chi connectivity index (χ4v) is 2.29. The van der Waals surface area contributed by atoms with E-state index in [0.717, 1.165) is 11.1 Å². The normalized spacial score (nSPS) is 10.5. The molecule has 0 aliphatic carbocycles. The third-order valence-electron chi connectivity index (χ3n) is 2.93. The van der Waals surface area contributed by atoms with E-state index in [2.05, 4.69) is 0 Å². The Balaban J connectivity index is 2.28. The first-order chi connectivity index (χ1) is 8.97. The molecule has 0 bridgehead atoms. The summed E-state index contributed by atoms with van der Waals surface area (Å²) in [4.78, 5) is 12.2. The fourth-order valence-electron chi connectivity index (χ4n) is 2.10. The zero-order chi connectivity index (χ0) is 14.0. The van der Waals surface area contributed by atoms with E-state index in [0.29, 0.717) is 11.1 Å². The Kier molecular flexibility index (Phi) is 4.01. The summed E-state index contributed by atoms with van der Waals surface area (Å²) in [6.07, 6.45) is 0.111. The highest BCUT2D eigenvalue weighted by Gasteiger charge is 2.12. The van der Waals surface area contributed by atoms with Gasteiger partial charge in [0.2, 0.25) is 0 Å². The molecular formula is C16H14ClFO. The molecule has 0 amide bonds. The lowest BCUT2D eigenvalue weighted by atomic mass is 9.99. The van der Waals surface area contributed by atoms with Crippen LogP contribution in [-0.2, 0) is 6.42 Å². The Hall–Kier alpha value is -1.67. The van der Waals surface area contributed by atoms with E-state index < -0.39 is 5.82 Å². The lowest BCUT2D eigenvalue weighted by Gasteiger charge is -2.06. The molecule has 0 N–H and O–H groups in total. The molecule has 0 aromatic heterocycles. The van der Waals surface area contributed by atoms with Crippen molar-refractivity contribution in [2.45, 2.75) is 20.3 Å². The third-order valence-corrected chi connectivity index (χ3v) is 3.35. The van der Waals surface area contributed by atoms with E-state index in [4.69, 9.17) is 11.6 Å². The first-order valence-corrected chi connectivity index (χ1v) is 6.39. The second-order valence-corrected chi connectivity index (χ2v) is 5.07. The van der Waals surface area contributed by atoms with Crippen molar-refractivity contribution in [2.75, 3.05) is 0 Å². The first kappa shape index (κ1) is 13.8. The minimum absolute atomic E-state index is 0.0280. The van der Waals surface area contributed by atoms with Gasteiger partial charge in [-0.2, -0.15) is 0 Å². The lowest BCUT2D eigenvalue weighted by Crippen LogP contribution is -2.05. The van der Waals surface area contributed by atoms with Gasteiger partial charge in [0.1, 0.15) is 5.82 Å². The monoisotopic (exact) mass is 276 g/mol. The molecule has 0 saturated heterocycles. The van der Waals surface area contributed by atoms with Crippen molar-refractivity contribution in [3.05, 3.63) is 69.5 Å². The number of benzene rings is 2. The Morgan fingerprint density at radius 1 is 1.16 bits per heavy atom. The number of Topliss-reactive ketones (excluding diaryl/α,β-unsaturated/α-hetero) is 1. The van der Waals surface area contributed by atoms with Crippen LogP contribution in [0.2, 0.25) is 5.02 Å². The molecule has 0 fully saturated rings. The molecule has 19 heavy (non-hydrogen) atoms. The smallest absolute Gasteiger partial charge is 0.167 e. The molecule has 2 aromatic carbocycles. The summed E-state index contributed by atoms with van der Waals surface area (Å²) < 4.78 is 13.3. The molecule has 0 heterocycles. The molecule has 0 atom stereocenters. The van der Waals surface area contributed by atoms with Crippen LogP contribution in [0.4, 0.5) is 4.39 Å². The van der Waals surface area contributed by atoms with Crippen molar-refractivity contribution in [3.8, 4) is 0 Å². The molecule has 3 heteroatoms. The summed E-state index contributed by atoms with van der Waals surface area (Å²) in [6, 6.07) is 10.2. The number of carbonyl (C=O) groups excluding carboxylic acids is 1. The Morgan fingerprint density at radius 3 is 2.42 bits per heavy atom. The molecule has 98 valence electrons. The van der Waals surface area contributed by atoms with Gasteiger partial charge in [0.05, 0.1) is 5.02 Å². The number of hydrogen-bond acceptors (Lipinski definition) is 1. The Labute approximate surface area is 117 Å². The van der Waals surface area contributed by atoms with Crippen molar-refractivity contribution in [3.63, 3.8) is 0 Å². The lowest BCUT2D eigenvalue weighted by molar-refractivity contribution is 0.0993. The molecule has 0 aliphatic rings. The average Bonchev–Trinajstić information content (AvgIpc) is 2.33. The van der Waals surface area contributed by atoms with E-state index in [-0.39, 0.29) is 17.2 Å². The van der Waals surface area contributed by atoms with Gasteiger partial charge in [-0.3, -0.25) is 4.79 Å². The van der Waals surface area contributed by atoms with Crippen LogP contribution >= 0.6 is 11.6 Å². The van der Waals surface area contributed by atoms with Crippen molar-refractivity contribution in [1.82, 2.24) is 0 Å². The summed E-state index contributed by atoms with van der Waals surface area (Å²) in [5.41, 5.74) is 3.23. The standard InChI is InChI=1S/C16H14ClFO/c1-10-6-11(2)8-13(7-10)15(19)9-12-4-3-5-14(18)16(12)17/h3-8H,9H2,1-2H3. The maximum Gasteiger partial charge on any atom is 0.167 e. The molecule has 1 nitrogen and oxygen atoms in total. The number of ketones is 1. The van der Waals surface area contributed by atoms with Gasteiger partial charge in [-0.1, -0.05) is 40.9 Å². The molecule has 0 radical (unpaired) electrons. The Bertz CT molecular complexity index is 614. The quantitative estimate of drug-likeness (QED) is 0.753. The van der Waals surface area contributed by atoms with Crippen molar-refractivity contribution in [1.29, 1.82) is 0 Å². The topological polar surface area (TPSA) is 17.1 Å². The summed E-state index contributed by atoms with van der Waals surface area (Å²) in [7, 11) is 0. The van der Waals surface area contributed by atoms with E-state index in [1.165, 1.54) is 6.07 Å². The number of rotatable bonds is 3. The summed E-state index contributed by atoms with van der Waals surface area (Å²) >= 11 is 5.86. The van der Waals surface area contributed by atoms with Gasteiger partial charge in [-0.25, -0.2) is 4.39 Å². The van der Waals surface area contributed by atoms with Crippen molar-refractivity contribution < 1.29 is 9.18 Å². The van der Waals surface area contributed by atoms with Crippen LogP contribution in [0.3, 0.4) is 0 Å². The average molecular weight is 277 g/mol. The van der Waals surface area contributed by atoms with Crippen molar-refractivity contribution in [2.24, 2.45) is 0 Å². The molecule has 2 aromatic rings. The molecule has 0 unspecified atom stereocenters. The van der Waals surface area contributed by atoms with Gasteiger partial charge in [-0.05, 0) is 37.6 Å². The minimum Gasteiger partial charge on any atom is -0.294 e. The maximum absolute atomic E-state index is 13.3. The van der Waals surface area contributed by atoms with Gasteiger partial charge in [0, 0.05) is 12.0 Å². The number of hydrogen-bond donors (Lipinski definition) is 0. The summed E-state index contributed by atoms with van der Waals surface area (Å²) in [6.45, 7) is 3.89. The number of halogens is 2. The minimum atomic E-state index is -0.493. The van der Waals surface area contributed by atoms with Crippen LogP contribution in [0, 0.1) is 19.7 Å². The van der Waals surface area contributed by atoms with Gasteiger partial charge in [0.25, 0.3) is 0 Å². The first-order valence-electron chi connectivity index (χ1n) is 6.02. The number of carbonyl (C=O) groups is 1. The van der Waals surface area contributed by atoms with Crippen LogP contribution in [0.25, 0.3) is 0 Å². The highest BCUT2D eigenvalue weighted by Crippen LogP contribution is 2.21.